The summed E-state index contributed by atoms with van der Waals surface area (Å²) in [5.74, 6) is 2.42. The van der Waals surface area contributed by atoms with Crippen LogP contribution in [0.2, 0.25) is 19.6 Å². The Bertz CT molecular complexity index is 517. The SMILES string of the molecule is CC(C=CC(C)C(C)(C)O[Si](C)(C)C)C1CCC2C(=O)CCC[C@@]21C. The second-order valence-electron chi connectivity index (χ2n) is 10.4. The molecular formula is C22H40O2Si. The highest BCUT2D eigenvalue weighted by Gasteiger charge is 2.52. The van der Waals surface area contributed by atoms with Gasteiger partial charge in [-0.3, -0.25) is 4.79 Å². The number of ketones is 1. The molecule has 2 saturated carbocycles. The van der Waals surface area contributed by atoms with Crippen LogP contribution in [-0.2, 0) is 9.22 Å². The lowest BCUT2D eigenvalue weighted by atomic mass is 9.62. The van der Waals surface area contributed by atoms with E-state index in [1.807, 2.05) is 0 Å². The van der Waals surface area contributed by atoms with E-state index in [9.17, 15) is 4.79 Å². The van der Waals surface area contributed by atoms with Crippen LogP contribution < -0.4 is 0 Å². The average Bonchev–Trinajstić information content (AvgIpc) is 2.80. The Kier molecular flexibility index (Phi) is 6.10. The molecule has 2 rings (SSSR count). The highest BCUT2D eigenvalue weighted by atomic mass is 28.4. The van der Waals surface area contributed by atoms with Crippen molar-refractivity contribution in [3.63, 3.8) is 0 Å². The summed E-state index contributed by atoms with van der Waals surface area (Å²) >= 11 is 0. The smallest absolute Gasteiger partial charge is 0.184 e. The molecule has 0 spiro atoms. The fraction of sp³-hybridized carbons (Fsp3) is 0.864. The minimum absolute atomic E-state index is 0.121. The molecule has 0 saturated heterocycles. The second kappa shape index (κ2) is 7.30. The molecule has 5 atom stereocenters. The van der Waals surface area contributed by atoms with E-state index in [-0.39, 0.29) is 11.0 Å². The highest BCUT2D eigenvalue weighted by molar-refractivity contribution is 6.69. The van der Waals surface area contributed by atoms with Gasteiger partial charge in [-0.25, -0.2) is 0 Å². The standard InChI is InChI=1S/C22H40O2Si/c1-16(11-12-17(2)21(3,4)24-25(6,7)8)18-13-14-19-20(23)10-9-15-22(18,19)5/h11-12,16-19H,9-10,13-15H2,1-8H3/t16?,17?,18?,19?,22-/m1/s1. The second-order valence-corrected chi connectivity index (χ2v) is 14.8. The molecule has 0 aromatic rings. The molecular weight excluding hydrogens is 324 g/mol. The van der Waals surface area contributed by atoms with Crippen LogP contribution >= 0.6 is 0 Å². The van der Waals surface area contributed by atoms with Crippen LogP contribution in [0.4, 0.5) is 0 Å². The number of carbonyl (C=O) groups excluding carboxylic acids is 1. The molecule has 0 bridgehead atoms. The molecule has 0 heterocycles. The lowest BCUT2D eigenvalue weighted by Gasteiger charge is -2.42. The highest BCUT2D eigenvalue weighted by Crippen LogP contribution is 2.56. The van der Waals surface area contributed by atoms with Gasteiger partial charge in [-0.05, 0) is 76.4 Å². The Hall–Kier alpha value is -0.413. The van der Waals surface area contributed by atoms with Gasteiger partial charge in [0.15, 0.2) is 8.32 Å². The van der Waals surface area contributed by atoms with E-state index in [1.165, 1.54) is 12.8 Å². The van der Waals surface area contributed by atoms with Crippen molar-refractivity contribution in [1.82, 2.24) is 0 Å². The van der Waals surface area contributed by atoms with Gasteiger partial charge in [0, 0.05) is 18.3 Å². The molecule has 4 unspecified atom stereocenters. The number of rotatable bonds is 6. The van der Waals surface area contributed by atoms with Gasteiger partial charge in [0.25, 0.3) is 0 Å². The van der Waals surface area contributed by atoms with E-state index in [4.69, 9.17) is 4.43 Å². The average molecular weight is 365 g/mol. The van der Waals surface area contributed by atoms with Gasteiger partial charge >= 0.3 is 0 Å². The zero-order chi connectivity index (χ0) is 19.0. The predicted molar refractivity (Wildman–Crippen MR) is 109 cm³/mol. The number of hydrogen-bond acceptors (Lipinski definition) is 2. The molecule has 0 aliphatic heterocycles. The van der Waals surface area contributed by atoms with E-state index < -0.39 is 8.32 Å². The largest absolute Gasteiger partial charge is 0.412 e. The van der Waals surface area contributed by atoms with Crippen molar-refractivity contribution < 1.29 is 9.22 Å². The summed E-state index contributed by atoms with van der Waals surface area (Å²) in [6.45, 7) is 18.2. The molecule has 2 aliphatic carbocycles. The van der Waals surface area contributed by atoms with Gasteiger partial charge in [-0.15, -0.1) is 0 Å². The van der Waals surface area contributed by atoms with E-state index >= 15 is 0 Å². The van der Waals surface area contributed by atoms with Crippen LogP contribution in [0.15, 0.2) is 12.2 Å². The van der Waals surface area contributed by atoms with Crippen LogP contribution in [0.3, 0.4) is 0 Å². The molecule has 144 valence electrons. The van der Waals surface area contributed by atoms with Gasteiger partial charge in [0.1, 0.15) is 5.78 Å². The van der Waals surface area contributed by atoms with Crippen LogP contribution in [0.5, 0.6) is 0 Å². The van der Waals surface area contributed by atoms with E-state index in [2.05, 4.69) is 66.4 Å². The van der Waals surface area contributed by atoms with Crippen molar-refractivity contribution in [1.29, 1.82) is 0 Å². The fourth-order valence-electron chi connectivity index (χ4n) is 5.42. The molecule has 0 N–H and O–H groups in total. The number of hydrogen-bond donors (Lipinski definition) is 0. The van der Waals surface area contributed by atoms with Gasteiger partial charge < -0.3 is 4.43 Å². The van der Waals surface area contributed by atoms with Crippen molar-refractivity contribution in [2.45, 2.75) is 92.0 Å². The number of carbonyl (C=O) groups is 1. The summed E-state index contributed by atoms with van der Waals surface area (Å²) in [5.41, 5.74) is 0.107. The van der Waals surface area contributed by atoms with Gasteiger partial charge in [-0.1, -0.05) is 32.9 Å². The number of Topliss-reactive ketones (excluding diaryl/α,β-unsaturated/α-hetero) is 1. The molecule has 0 aromatic heterocycles. The summed E-state index contributed by atoms with van der Waals surface area (Å²) in [6, 6.07) is 0. The van der Waals surface area contributed by atoms with E-state index in [0.717, 1.165) is 19.3 Å². The van der Waals surface area contributed by atoms with Crippen LogP contribution in [0, 0.1) is 29.1 Å². The first-order valence-corrected chi connectivity index (χ1v) is 13.7. The summed E-state index contributed by atoms with van der Waals surface area (Å²) in [6.07, 6.45) is 10.2. The first-order valence-electron chi connectivity index (χ1n) is 10.3. The molecule has 0 aromatic carbocycles. The summed E-state index contributed by atoms with van der Waals surface area (Å²) in [7, 11) is -1.55. The normalized spacial score (nSPS) is 33.5. The lowest BCUT2D eigenvalue weighted by molar-refractivity contribution is -0.129. The monoisotopic (exact) mass is 364 g/mol. The zero-order valence-corrected chi connectivity index (χ0v) is 18.8. The molecule has 2 nitrogen and oxygen atoms in total. The summed E-state index contributed by atoms with van der Waals surface area (Å²) < 4.78 is 6.41. The third kappa shape index (κ3) is 4.66. The predicted octanol–water partition coefficient (Wildman–Crippen LogP) is 6.23. The first-order chi connectivity index (χ1) is 11.4. The third-order valence-corrected chi connectivity index (χ3v) is 8.08. The Morgan fingerprint density at radius 1 is 1.20 bits per heavy atom. The fourth-order valence-corrected chi connectivity index (χ4v) is 7.19. The maximum Gasteiger partial charge on any atom is 0.184 e. The van der Waals surface area contributed by atoms with Crippen molar-refractivity contribution in [2.75, 3.05) is 0 Å². The van der Waals surface area contributed by atoms with Crippen LogP contribution in [-0.4, -0.2) is 19.7 Å². The van der Waals surface area contributed by atoms with E-state index in [1.54, 1.807) is 0 Å². The van der Waals surface area contributed by atoms with Crippen molar-refractivity contribution >= 4 is 14.1 Å². The zero-order valence-electron chi connectivity index (χ0n) is 17.8. The van der Waals surface area contributed by atoms with E-state index in [0.29, 0.717) is 29.5 Å². The Morgan fingerprint density at radius 3 is 2.44 bits per heavy atom. The third-order valence-electron chi connectivity index (χ3n) is 6.94. The number of allylic oxidation sites excluding steroid dienone is 1. The lowest BCUT2D eigenvalue weighted by Crippen LogP contribution is -2.42. The van der Waals surface area contributed by atoms with Gasteiger partial charge in [0.05, 0.1) is 5.60 Å². The van der Waals surface area contributed by atoms with Crippen molar-refractivity contribution in [3.8, 4) is 0 Å². The molecule has 25 heavy (non-hydrogen) atoms. The first kappa shape index (κ1) is 20.9. The molecule has 2 fully saturated rings. The van der Waals surface area contributed by atoms with Gasteiger partial charge in [0.2, 0.25) is 0 Å². The Balaban J connectivity index is 2.05. The molecule has 0 radical (unpaired) electrons. The van der Waals surface area contributed by atoms with Crippen LogP contribution in [0.1, 0.15) is 66.7 Å². The van der Waals surface area contributed by atoms with Crippen molar-refractivity contribution in [3.05, 3.63) is 12.2 Å². The molecule has 0 amide bonds. The quantitative estimate of drug-likeness (QED) is 0.412. The topological polar surface area (TPSA) is 26.3 Å². The summed E-state index contributed by atoms with van der Waals surface area (Å²) in [4.78, 5) is 12.3. The van der Waals surface area contributed by atoms with Gasteiger partial charge in [-0.2, -0.15) is 0 Å². The maximum absolute atomic E-state index is 12.3. The maximum atomic E-state index is 12.3. The molecule has 3 heteroatoms. The Labute approximate surface area is 156 Å². The Morgan fingerprint density at radius 2 is 1.84 bits per heavy atom. The summed E-state index contributed by atoms with van der Waals surface area (Å²) in [5, 5.41) is 0. The minimum Gasteiger partial charge on any atom is -0.412 e. The number of fused-ring (bicyclic) bond motifs is 1. The van der Waals surface area contributed by atoms with Crippen molar-refractivity contribution in [2.24, 2.45) is 29.1 Å². The van der Waals surface area contributed by atoms with Crippen LogP contribution in [0.25, 0.3) is 0 Å². The molecule has 2 aliphatic rings. The minimum atomic E-state index is -1.55.